The van der Waals surface area contributed by atoms with E-state index in [-0.39, 0.29) is 4.90 Å². The molecule has 0 amide bonds. The zero-order chi connectivity index (χ0) is 14.6. The van der Waals surface area contributed by atoms with Crippen LogP contribution < -0.4 is 16.2 Å². The van der Waals surface area contributed by atoms with Gasteiger partial charge in [-0.05, 0) is 50.3 Å². The number of allylic oxidation sites excluding steroid dienone is 1. The number of hydrogen-bond donors (Lipinski definition) is 3. The van der Waals surface area contributed by atoms with E-state index in [1.54, 1.807) is 6.07 Å². The van der Waals surface area contributed by atoms with E-state index in [0.717, 1.165) is 19.4 Å². The van der Waals surface area contributed by atoms with E-state index in [2.05, 4.69) is 11.4 Å². The average molecular weight is 295 g/mol. The van der Waals surface area contributed by atoms with E-state index in [1.807, 2.05) is 0 Å². The van der Waals surface area contributed by atoms with Gasteiger partial charge in [0, 0.05) is 6.54 Å². The lowest BCUT2D eigenvalue weighted by Crippen LogP contribution is -2.13. The van der Waals surface area contributed by atoms with Gasteiger partial charge < -0.3 is 11.1 Å². The molecule has 20 heavy (non-hydrogen) atoms. The molecule has 0 unspecified atom stereocenters. The van der Waals surface area contributed by atoms with Crippen molar-refractivity contribution in [1.82, 2.24) is 0 Å². The SMILES string of the molecule is Nc1ccc(S(N)(=O)=O)cc1NCCC1=CCCCC1. The second-order valence-corrected chi connectivity index (χ2v) is 6.64. The highest BCUT2D eigenvalue weighted by Crippen LogP contribution is 2.24. The van der Waals surface area contributed by atoms with Crippen molar-refractivity contribution in [2.75, 3.05) is 17.6 Å². The third-order valence-corrected chi connectivity index (χ3v) is 4.41. The van der Waals surface area contributed by atoms with Crippen molar-refractivity contribution < 1.29 is 8.42 Å². The molecule has 1 aromatic rings. The highest BCUT2D eigenvalue weighted by atomic mass is 32.2. The van der Waals surface area contributed by atoms with E-state index in [4.69, 9.17) is 10.9 Å². The third-order valence-electron chi connectivity index (χ3n) is 3.50. The molecule has 1 aromatic carbocycles. The Morgan fingerprint density at radius 2 is 2.05 bits per heavy atom. The van der Waals surface area contributed by atoms with Gasteiger partial charge in [-0.25, -0.2) is 13.6 Å². The minimum atomic E-state index is -3.69. The summed E-state index contributed by atoms with van der Waals surface area (Å²) in [6.07, 6.45) is 8.12. The summed E-state index contributed by atoms with van der Waals surface area (Å²) in [6, 6.07) is 4.46. The molecule has 0 saturated carbocycles. The van der Waals surface area contributed by atoms with Gasteiger partial charge in [0.15, 0.2) is 0 Å². The van der Waals surface area contributed by atoms with E-state index < -0.39 is 10.0 Å². The molecule has 0 fully saturated rings. The topological polar surface area (TPSA) is 98.2 Å². The summed E-state index contributed by atoms with van der Waals surface area (Å²) >= 11 is 0. The minimum absolute atomic E-state index is 0.0751. The van der Waals surface area contributed by atoms with Gasteiger partial charge in [0.1, 0.15) is 0 Å². The number of primary sulfonamides is 1. The summed E-state index contributed by atoms with van der Waals surface area (Å²) in [5.41, 5.74) is 8.44. The van der Waals surface area contributed by atoms with Crippen molar-refractivity contribution in [3.05, 3.63) is 29.8 Å². The molecule has 1 aliphatic rings. The van der Waals surface area contributed by atoms with E-state index in [9.17, 15) is 8.42 Å². The highest BCUT2D eigenvalue weighted by molar-refractivity contribution is 7.89. The highest BCUT2D eigenvalue weighted by Gasteiger charge is 2.10. The summed E-state index contributed by atoms with van der Waals surface area (Å²) in [5, 5.41) is 8.30. The third kappa shape index (κ3) is 3.98. The van der Waals surface area contributed by atoms with E-state index in [0.29, 0.717) is 11.4 Å². The van der Waals surface area contributed by atoms with Gasteiger partial charge in [-0.3, -0.25) is 0 Å². The van der Waals surface area contributed by atoms with Crippen LogP contribution in [-0.4, -0.2) is 15.0 Å². The molecule has 0 atom stereocenters. The first-order valence-electron chi connectivity index (χ1n) is 6.81. The first-order chi connectivity index (χ1) is 9.47. The molecule has 6 heteroatoms. The summed E-state index contributed by atoms with van der Waals surface area (Å²) in [7, 11) is -3.69. The normalized spacial score (nSPS) is 15.8. The van der Waals surface area contributed by atoms with Crippen LogP contribution in [0.3, 0.4) is 0 Å². The Hall–Kier alpha value is -1.53. The lowest BCUT2D eigenvalue weighted by molar-refractivity contribution is 0.598. The molecule has 0 spiro atoms. The molecule has 1 aliphatic carbocycles. The molecule has 0 aliphatic heterocycles. The van der Waals surface area contributed by atoms with Crippen molar-refractivity contribution in [2.24, 2.45) is 5.14 Å². The van der Waals surface area contributed by atoms with Crippen LogP contribution in [0.5, 0.6) is 0 Å². The predicted octanol–water partition coefficient (Wildman–Crippen LogP) is 2.22. The first kappa shape index (κ1) is 14.9. The number of nitrogen functional groups attached to an aromatic ring is 1. The van der Waals surface area contributed by atoms with Crippen LogP contribution in [0.1, 0.15) is 32.1 Å². The van der Waals surface area contributed by atoms with Crippen LogP contribution in [0, 0.1) is 0 Å². The molecule has 0 bridgehead atoms. The fourth-order valence-electron chi connectivity index (χ4n) is 2.35. The zero-order valence-electron chi connectivity index (χ0n) is 11.4. The molecule has 0 radical (unpaired) electrons. The predicted molar refractivity (Wildman–Crippen MR) is 81.9 cm³/mol. The van der Waals surface area contributed by atoms with Crippen molar-refractivity contribution in [1.29, 1.82) is 0 Å². The standard InChI is InChI=1S/C14H21N3O2S/c15-13-7-6-12(20(16,18)19)10-14(13)17-9-8-11-4-2-1-3-5-11/h4,6-7,10,17H,1-3,5,8-9,15H2,(H2,16,18,19). The van der Waals surface area contributed by atoms with Gasteiger partial charge in [0.2, 0.25) is 10.0 Å². The molecule has 2 rings (SSSR count). The lowest BCUT2D eigenvalue weighted by Gasteiger charge is -2.14. The van der Waals surface area contributed by atoms with Gasteiger partial charge in [0.25, 0.3) is 0 Å². The molecule has 0 saturated heterocycles. The fraction of sp³-hybridized carbons (Fsp3) is 0.429. The molecule has 0 aromatic heterocycles. The Morgan fingerprint density at radius 1 is 1.25 bits per heavy atom. The monoisotopic (exact) mass is 295 g/mol. The minimum Gasteiger partial charge on any atom is -0.397 e. The quantitative estimate of drug-likeness (QED) is 0.573. The number of nitrogens with one attached hydrogen (secondary N) is 1. The number of sulfonamides is 1. The molecule has 110 valence electrons. The maximum absolute atomic E-state index is 11.3. The molecule has 0 heterocycles. The first-order valence-corrected chi connectivity index (χ1v) is 8.35. The van der Waals surface area contributed by atoms with Gasteiger partial charge in [-0.15, -0.1) is 0 Å². The number of rotatable bonds is 5. The largest absolute Gasteiger partial charge is 0.397 e. The number of anilines is 2. The Balaban J connectivity index is 2.00. The maximum atomic E-state index is 11.3. The van der Waals surface area contributed by atoms with E-state index >= 15 is 0 Å². The lowest BCUT2D eigenvalue weighted by atomic mass is 9.97. The molecule has 5 N–H and O–H groups in total. The summed E-state index contributed by atoms with van der Waals surface area (Å²) in [5.74, 6) is 0. The van der Waals surface area contributed by atoms with Gasteiger partial charge >= 0.3 is 0 Å². The van der Waals surface area contributed by atoms with Gasteiger partial charge in [-0.2, -0.15) is 0 Å². The Kier molecular flexibility index (Phi) is 4.67. The smallest absolute Gasteiger partial charge is 0.238 e. The van der Waals surface area contributed by atoms with Crippen LogP contribution in [0.4, 0.5) is 11.4 Å². The van der Waals surface area contributed by atoms with Gasteiger partial charge in [-0.1, -0.05) is 11.6 Å². The number of benzene rings is 1. The second kappa shape index (κ2) is 6.28. The molecule has 5 nitrogen and oxygen atoms in total. The second-order valence-electron chi connectivity index (χ2n) is 5.08. The van der Waals surface area contributed by atoms with Crippen molar-refractivity contribution in [3.63, 3.8) is 0 Å². The van der Waals surface area contributed by atoms with Crippen LogP contribution in [-0.2, 0) is 10.0 Å². The van der Waals surface area contributed by atoms with Crippen LogP contribution >= 0.6 is 0 Å². The number of nitrogens with two attached hydrogens (primary N) is 2. The molecular weight excluding hydrogens is 274 g/mol. The van der Waals surface area contributed by atoms with Crippen molar-refractivity contribution >= 4 is 21.4 Å². The van der Waals surface area contributed by atoms with Crippen molar-refractivity contribution in [2.45, 2.75) is 37.0 Å². The Morgan fingerprint density at radius 3 is 2.70 bits per heavy atom. The zero-order valence-corrected chi connectivity index (χ0v) is 12.2. The van der Waals surface area contributed by atoms with Crippen LogP contribution in [0.2, 0.25) is 0 Å². The maximum Gasteiger partial charge on any atom is 0.238 e. The van der Waals surface area contributed by atoms with Crippen molar-refractivity contribution in [3.8, 4) is 0 Å². The average Bonchev–Trinajstić information content (AvgIpc) is 2.41. The summed E-state index contributed by atoms with van der Waals surface area (Å²) < 4.78 is 22.6. The molecular formula is C14H21N3O2S. The Bertz CT molecular complexity index is 609. The Labute approximate surface area is 120 Å². The van der Waals surface area contributed by atoms with Crippen LogP contribution in [0.25, 0.3) is 0 Å². The number of hydrogen-bond acceptors (Lipinski definition) is 4. The summed E-state index contributed by atoms with van der Waals surface area (Å²) in [6.45, 7) is 0.740. The fourth-order valence-corrected chi connectivity index (χ4v) is 2.89. The van der Waals surface area contributed by atoms with E-state index in [1.165, 1.54) is 37.0 Å². The summed E-state index contributed by atoms with van der Waals surface area (Å²) in [4.78, 5) is 0.0751. The van der Waals surface area contributed by atoms with Gasteiger partial charge in [0.05, 0.1) is 16.3 Å². The van der Waals surface area contributed by atoms with Crippen LogP contribution in [0.15, 0.2) is 34.7 Å².